The molecule has 1 aromatic carbocycles. The van der Waals surface area contributed by atoms with E-state index in [-0.39, 0.29) is 26.6 Å². The zero-order valence-electron chi connectivity index (χ0n) is 11.7. The first kappa shape index (κ1) is 17.7. The molecular formula is C11H17N3O4S3. The van der Waals surface area contributed by atoms with Gasteiger partial charge in [0.2, 0.25) is 0 Å². The van der Waals surface area contributed by atoms with Crippen molar-refractivity contribution in [1.29, 1.82) is 0 Å². The third kappa shape index (κ3) is 4.83. The van der Waals surface area contributed by atoms with Crippen molar-refractivity contribution in [3.8, 4) is 0 Å². The monoisotopic (exact) mass is 351 g/mol. The lowest BCUT2D eigenvalue weighted by atomic mass is 10.3. The molecule has 1 rings (SSSR count). The van der Waals surface area contributed by atoms with Gasteiger partial charge in [-0.05, 0) is 44.3 Å². The Balaban J connectivity index is 3.13. The zero-order chi connectivity index (χ0) is 16.4. The van der Waals surface area contributed by atoms with Crippen molar-refractivity contribution < 1.29 is 16.8 Å². The fraction of sp³-hybridized carbons (Fsp3) is 0.364. The smallest absolute Gasteiger partial charge is 0.265 e. The molecule has 1 aromatic rings. The molecular weight excluding hydrogens is 334 g/mol. The Bertz CT molecular complexity index is 755. The first-order valence-electron chi connectivity index (χ1n) is 5.86. The van der Waals surface area contributed by atoms with Gasteiger partial charge in [-0.15, -0.1) is 0 Å². The number of nitrogens with one attached hydrogen (secondary N) is 2. The fourth-order valence-corrected chi connectivity index (χ4v) is 3.72. The van der Waals surface area contributed by atoms with E-state index < -0.39 is 19.9 Å². The predicted molar refractivity (Wildman–Crippen MR) is 85.2 cm³/mol. The van der Waals surface area contributed by atoms with Crippen LogP contribution in [0.3, 0.4) is 0 Å². The molecule has 0 saturated carbocycles. The first-order chi connectivity index (χ1) is 9.43. The Kier molecular flexibility index (Phi) is 5.18. The number of hydrogen-bond acceptors (Lipinski definition) is 6. The average molecular weight is 351 g/mol. The number of thiocarbonyl (C=S) groups is 1. The van der Waals surface area contributed by atoms with Gasteiger partial charge < -0.3 is 11.1 Å². The van der Waals surface area contributed by atoms with Crippen molar-refractivity contribution in [1.82, 2.24) is 10.0 Å². The van der Waals surface area contributed by atoms with Crippen LogP contribution < -0.4 is 15.8 Å². The molecule has 0 amide bonds. The van der Waals surface area contributed by atoms with E-state index in [9.17, 15) is 16.8 Å². The number of rotatable bonds is 4. The van der Waals surface area contributed by atoms with Crippen LogP contribution in [0.2, 0.25) is 0 Å². The SMILES string of the molecule is CC(C)NC(=S)NS(=O)(=O)c1ccc(S(C)(=O)=O)cc1N. The highest BCUT2D eigenvalue weighted by Crippen LogP contribution is 2.22. The maximum absolute atomic E-state index is 12.1. The van der Waals surface area contributed by atoms with E-state index >= 15 is 0 Å². The lowest BCUT2D eigenvalue weighted by molar-refractivity contribution is 0.590. The summed E-state index contributed by atoms with van der Waals surface area (Å²) in [5.41, 5.74) is 5.47. The number of benzene rings is 1. The highest BCUT2D eigenvalue weighted by Gasteiger charge is 2.20. The van der Waals surface area contributed by atoms with Crippen LogP contribution in [-0.2, 0) is 19.9 Å². The van der Waals surface area contributed by atoms with Gasteiger partial charge in [0.1, 0.15) is 4.90 Å². The van der Waals surface area contributed by atoms with E-state index in [1.54, 1.807) is 13.8 Å². The molecule has 0 spiro atoms. The van der Waals surface area contributed by atoms with Gasteiger partial charge in [-0.25, -0.2) is 16.8 Å². The van der Waals surface area contributed by atoms with Crippen molar-refractivity contribution in [3.63, 3.8) is 0 Å². The molecule has 21 heavy (non-hydrogen) atoms. The number of hydrogen-bond donors (Lipinski definition) is 3. The summed E-state index contributed by atoms with van der Waals surface area (Å²) in [6.45, 7) is 3.60. The quantitative estimate of drug-likeness (QED) is 0.525. The van der Waals surface area contributed by atoms with Crippen LogP contribution in [-0.4, -0.2) is 34.2 Å². The molecule has 0 saturated heterocycles. The van der Waals surface area contributed by atoms with Crippen LogP contribution in [0.15, 0.2) is 28.0 Å². The molecule has 0 fully saturated rings. The van der Waals surface area contributed by atoms with Crippen molar-refractivity contribution in [3.05, 3.63) is 18.2 Å². The second kappa shape index (κ2) is 6.16. The van der Waals surface area contributed by atoms with Gasteiger partial charge in [0.05, 0.1) is 10.6 Å². The van der Waals surface area contributed by atoms with E-state index in [2.05, 4.69) is 10.0 Å². The van der Waals surface area contributed by atoms with Gasteiger partial charge in [0.25, 0.3) is 10.0 Å². The van der Waals surface area contributed by atoms with Crippen LogP contribution in [0.5, 0.6) is 0 Å². The van der Waals surface area contributed by atoms with Gasteiger partial charge in [-0.1, -0.05) is 0 Å². The van der Waals surface area contributed by atoms with Gasteiger partial charge in [0, 0.05) is 12.3 Å². The van der Waals surface area contributed by atoms with Gasteiger partial charge in [0.15, 0.2) is 14.9 Å². The predicted octanol–water partition coefficient (Wildman–Crippen LogP) is 0.233. The molecule has 0 radical (unpaired) electrons. The topological polar surface area (TPSA) is 118 Å². The summed E-state index contributed by atoms with van der Waals surface area (Å²) in [5.74, 6) is 0. The summed E-state index contributed by atoms with van der Waals surface area (Å²) >= 11 is 4.87. The first-order valence-corrected chi connectivity index (χ1v) is 9.64. The molecule has 118 valence electrons. The fourth-order valence-electron chi connectivity index (χ4n) is 1.47. The lowest BCUT2D eigenvalue weighted by Crippen LogP contribution is -2.42. The summed E-state index contributed by atoms with van der Waals surface area (Å²) in [4.78, 5) is -0.287. The number of anilines is 1. The number of nitrogens with two attached hydrogens (primary N) is 1. The third-order valence-electron chi connectivity index (χ3n) is 2.35. The molecule has 0 aliphatic carbocycles. The molecule has 0 aliphatic heterocycles. The van der Waals surface area contributed by atoms with E-state index in [0.717, 1.165) is 18.4 Å². The van der Waals surface area contributed by atoms with Crippen molar-refractivity contribution in [2.45, 2.75) is 29.7 Å². The number of nitrogen functional groups attached to an aromatic ring is 1. The van der Waals surface area contributed by atoms with E-state index in [1.807, 2.05) is 0 Å². The maximum Gasteiger partial charge on any atom is 0.265 e. The summed E-state index contributed by atoms with van der Waals surface area (Å²) in [5, 5.41) is 2.67. The van der Waals surface area contributed by atoms with E-state index in [4.69, 9.17) is 18.0 Å². The van der Waals surface area contributed by atoms with Gasteiger partial charge >= 0.3 is 0 Å². The minimum absolute atomic E-state index is 0.0369. The Morgan fingerprint density at radius 2 is 1.81 bits per heavy atom. The van der Waals surface area contributed by atoms with E-state index in [1.165, 1.54) is 6.07 Å². The van der Waals surface area contributed by atoms with Crippen LogP contribution in [0, 0.1) is 0 Å². The number of sulfonamides is 1. The van der Waals surface area contributed by atoms with Gasteiger partial charge in [-0.3, -0.25) is 4.72 Å². The van der Waals surface area contributed by atoms with Crippen LogP contribution >= 0.6 is 12.2 Å². The Labute approximate surface area is 129 Å². The Hall–Kier alpha value is -1.39. The van der Waals surface area contributed by atoms with Crippen LogP contribution in [0.1, 0.15) is 13.8 Å². The minimum atomic E-state index is -3.97. The van der Waals surface area contributed by atoms with Crippen LogP contribution in [0.4, 0.5) is 5.69 Å². The summed E-state index contributed by atoms with van der Waals surface area (Å²) in [7, 11) is -7.43. The van der Waals surface area contributed by atoms with Crippen molar-refractivity contribution in [2.24, 2.45) is 0 Å². The second-order valence-electron chi connectivity index (χ2n) is 4.71. The zero-order valence-corrected chi connectivity index (χ0v) is 14.2. The normalized spacial score (nSPS) is 12.2. The summed E-state index contributed by atoms with van der Waals surface area (Å²) in [6.07, 6.45) is 1.01. The van der Waals surface area contributed by atoms with E-state index in [0.29, 0.717) is 0 Å². The van der Waals surface area contributed by atoms with Crippen molar-refractivity contribution in [2.75, 3.05) is 12.0 Å². The maximum atomic E-state index is 12.1. The molecule has 0 unspecified atom stereocenters. The van der Waals surface area contributed by atoms with Crippen LogP contribution in [0.25, 0.3) is 0 Å². The van der Waals surface area contributed by atoms with Crippen molar-refractivity contribution >= 4 is 42.9 Å². The largest absolute Gasteiger partial charge is 0.398 e. The molecule has 0 aromatic heterocycles. The minimum Gasteiger partial charge on any atom is -0.398 e. The highest BCUT2D eigenvalue weighted by atomic mass is 32.2. The highest BCUT2D eigenvalue weighted by molar-refractivity contribution is 7.92. The van der Waals surface area contributed by atoms with Gasteiger partial charge in [-0.2, -0.15) is 0 Å². The third-order valence-corrected chi connectivity index (χ3v) is 5.23. The summed E-state index contributed by atoms with van der Waals surface area (Å²) in [6, 6.07) is 3.37. The molecule has 0 heterocycles. The molecule has 4 N–H and O–H groups in total. The Morgan fingerprint density at radius 3 is 2.24 bits per heavy atom. The Morgan fingerprint density at radius 1 is 1.24 bits per heavy atom. The summed E-state index contributed by atoms with van der Waals surface area (Å²) < 4.78 is 49.2. The number of sulfone groups is 1. The molecule has 0 bridgehead atoms. The molecule has 10 heteroatoms. The lowest BCUT2D eigenvalue weighted by Gasteiger charge is -2.14. The second-order valence-corrected chi connectivity index (χ2v) is 8.78. The molecule has 7 nitrogen and oxygen atoms in total. The molecule has 0 aliphatic rings. The standard InChI is InChI=1S/C11H17N3O4S3/c1-7(2)13-11(19)14-21(17,18)10-5-4-8(6-9(10)12)20(3,15)16/h4-7H,12H2,1-3H3,(H2,13,14,19). The molecule has 0 atom stereocenters. The average Bonchev–Trinajstić information content (AvgIpc) is 2.24.